The van der Waals surface area contributed by atoms with Gasteiger partial charge in [0, 0.05) is 0 Å². The summed E-state index contributed by atoms with van der Waals surface area (Å²) in [6.45, 7) is 7.32. The zero-order valence-electron chi connectivity index (χ0n) is 16.5. The van der Waals surface area contributed by atoms with E-state index in [4.69, 9.17) is 9.16 Å². The minimum absolute atomic E-state index is 0.0634. The average Bonchev–Trinajstić information content (AvgIpc) is 2.67. The first-order valence-corrected chi connectivity index (χ1v) is 10.9. The van der Waals surface area contributed by atoms with Gasteiger partial charge in [0.05, 0.1) is 13.7 Å². The van der Waals surface area contributed by atoms with E-state index in [2.05, 4.69) is 74.0 Å². The smallest absolute Gasteiger partial charge is 0.438 e. The van der Waals surface area contributed by atoms with Crippen molar-refractivity contribution in [3.05, 3.63) is 72.8 Å². The highest BCUT2D eigenvalue weighted by molar-refractivity contribution is 6.99. The van der Waals surface area contributed by atoms with Crippen LogP contribution in [0.15, 0.2) is 72.8 Å². The molecule has 4 nitrogen and oxygen atoms in total. The number of hydrogen-bond donors (Lipinski definition) is 0. The molecule has 0 saturated heterocycles. The monoisotopic (exact) mass is 384 g/mol. The van der Waals surface area contributed by atoms with Crippen molar-refractivity contribution in [3.8, 4) is 0 Å². The fourth-order valence-corrected chi connectivity index (χ4v) is 7.75. The summed E-state index contributed by atoms with van der Waals surface area (Å²) < 4.78 is 16.0. The lowest BCUT2D eigenvalue weighted by molar-refractivity contribution is 0.0817. The summed E-state index contributed by atoms with van der Waals surface area (Å²) in [5.74, 6) is 0. The average molecular weight is 385 g/mol. The molecule has 2 rings (SSSR count). The van der Waals surface area contributed by atoms with Gasteiger partial charge < -0.3 is 13.9 Å². The minimum Gasteiger partial charge on any atom is -0.438 e. The largest absolute Gasteiger partial charge is 0.508 e. The molecule has 0 aliphatic rings. The molecule has 0 N–H and O–H groups in total. The number of carbonyl (C=O) groups excluding carboxylic acids is 1. The van der Waals surface area contributed by atoms with Crippen molar-refractivity contribution in [1.29, 1.82) is 0 Å². The van der Waals surface area contributed by atoms with Gasteiger partial charge >= 0.3 is 6.16 Å². The normalized spacial score (nSPS) is 12.1. The molecule has 0 heterocycles. The summed E-state index contributed by atoms with van der Waals surface area (Å²) in [5, 5.41) is 2.41. The van der Waals surface area contributed by atoms with Crippen molar-refractivity contribution in [3.63, 3.8) is 0 Å². The van der Waals surface area contributed by atoms with Gasteiger partial charge in [-0.15, -0.1) is 0 Å². The molecule has 2 aromatic carbocycles. The van der Waals surface area contributed by atoms with E-state index in [-0.39, 0.29) is 11.6 Å². The van der Waals surface area contributed by atoms with Crippen molar-refractivity contribution in [2.24, 2.45) is 0 Å². The SMILES string of the molecule is COC(=O)OC/C=C\CO[Si](c1ccccc1)(c1ccccc1)C(C)(C)C. The van der Waals surface area contributed by atoms with E-state index >= 15 is 0 Å². The second-order valence-electron chi connectivity index (χ2n) is 7.21. The number of hydrogen-bond acceptors (Lipinski definition) is 4. The Labute approximate surface area is 162 Å². The van der Waals surface area contributed by atoms with Gasteiger partial charge in [0.15, 0.2) is 0 Å². The van der Waals surface area contributed by atoms with Gasteiger partial charge in [0.25, 0.3) is 8.32 Å². The van der Waals surface area contributed by atoms with Gasteiger partial charge in [-0.1, -0.05) is 87.5 Å². The number of carbonyl (C=O) groups is 1. The van der Waals surface area contributed by atoms with Gasteiger partial charge in [-0.25, -0.2) is 4.79 Å². The van der Waals surface area contributed by atoms with Gasteiger partial charge in [-0.2, -0.15) is 0 Å². The summed E-state index contributed by atoms with van der Waals surface area (Å²) in [4.78, 5) is 11.0. The van der Waals surface area contributed by atoms with Crippen LogP contribution in [0.4, 0.5) is 4.79 Å². The number of methoxy groups -OCH3 is 1. The standard InChI is InChI=1S/C22H28O4Si/c1-22(2,3)27(19-13-7-5-8-14-19,20-15-9-6-10-16-20)26-18-12-11-17-25-21(23)24-4/h5-16H,17-18H2,1-4H3/b12-11-. The molecule has 0 fully saturated rings. The van der Waals surface area contributed by atoms with Crippen LogP contribution < -0.4 is 10.4 Å². The molecule has 0 aliphatic carbocycles. The quantitative estimate of drug-likeness (QED) is 0.413. The van der Waals surface area contributed by atoms with Gasteiger partial charge in [-0.3, -0.25) is 0 Å². The third-order valence-electron chi connectivity index (χ3n) is 4.44. The van der Waals surface area contributed by atoms with Crippen LogP contribution >= 0.6 is 0 Å². The molecule has 0 aliphatic heterocycles. The summed E-state index contributed by atoms with van der Waals surface area (Å²) in [7, 11) is -1.23. The molecule has 0 atom stereocenters. The van der Waals surface area contributed by atoms with E-state index in [0.29, 0.717) is 6.61 Å². The van der Waals surface area contributed by atoms with Crippen molar-refractivity contribution in [1.82, 2.24) is 0 Å². The second-order valence-corrected chi connectivity index (χ2v) is 11.5. The Balaban J connectivity index is 2.30. The highest BCUT2D eigenvalue weighted by Gasteiger charge is 2.49. The van der Waals surface area contributed by atoms with Crippen molar-refractivity contribution < 1.29 is 18.7 Å². The molecule has 0 amide bonds. The molecule has 0 unspecified atom stereocenters. The van der Waals surface area contributed by atoms with Crippen molar-refractivity contribution >= 4 is 24.8 Å². The molecule has 27 heavy (non-hydrogen) atoms. The van der Waals surface area contributed by atoms with Crippen LogP contribution in [0, 0.1) is 0 Å². The third kappa shape index (κ3) is 5.08. The number of rotatable bonds is 7. The van der Waals surface area contributed by atoms with E-state index in [1.165, 1.54) is 17.5 Å². The number of ether oxygens (including phenoxy) is 2. The molecular formula is C22H28O4Si. The summed E-state index contributed by atoms with van der Waals surface area (Å²) >= 11 is 0. The Kier molecular flexibility index (Phi) is 7.39. The second kappa shape index (κ2) is 9.53. The van der Waals surface area contributed by atoms with Crippen LogP contribution in [0.25, 0.3) is 0 Å². The van der Waals surface area contributed by atoms with E-state index in [1.54, 1.807) is 6.08 Å². The zero-order chi connectivity index (χ0) is 19.8. The van der Waals surface area contributed by atoms with E-state index < -0.39 is 14.5 Å². The molecule has 5 heteroatoms. The summed E-state index contributed by atoms with van der Waals surface area (Å²) in [6.07, 6.45) is 2.98. The highest BCUT2D eigenvalue weighted by atomic mass is 28.4. The molecule has 0 bridgehead atoms. The molecule has 0 radical (unpaired) electrons. The fraction of sp³-hybridized carbons (Fsp3) is 0.318. The van der Waals surface area contributed by atoms with Gasteiger partial charge in [0.2, 0.25) is 0 Å². The van der Waals surface area contributed by atoms with Crippen molar-refractivity contribution in [2.45, 2.75) is 25.8 Å². The molecule has 144 valence electrons. The van der Waals surface area contributed by atoms with Crippen LogP contribution in [-0.2, 0) is 13.9 Å². The first kappa shape index (κ1) is 20.9. The Hall–Kier alpha value is -2.37. The Morgan fingerprint density at radius 2 is 1.37 bits per heavy atom. The maximum atomic E-state index is 11.0. The minimum atomic E-state index is -2.52. The van der Waals surface area contributed by atoms with E-state index in [9.17, 15) is 4.79 Å². The fourth-order valence-electron chi connectivity index (χ4n) is 3.25. The van der Waals surface area contributed by atoms with Crippen LogP contribution in [0.3, 0.4) is 0 Å². The van der Waals surface area contributed by atoms with Gasteiger partial charge in [-0.05, 0) is 21.5 Å². The summed E-state index contributed by atoms with van der Waals surface area (Å²) in [5.41, 5.74) is 0. The molecular weight excluding hydrogens is 356 g/mol. The maximum absolute atomic E-state index is 11.0. The summed E-state index contributed by atoms with van der Waals surface area (Å²) in [6, 6.07) is 21.0. The lowest BCUT2D eigenvalue weighted by Gasteiger charge is -2.42. The lowest BCUT2D eigenvalue weighted by atomic mass is 10.2. The molecule has 2 aromatic rings. The van der Waals surface area contributed by atoms with Crippen LogP contribution in [0.5, 0.6) is 0 Å². The topological polar surface area (TPSA) is 44.8 Å². The van der Waals surface area contributed by atoms with Crippen LogP contribution in [-0.4, -0.2) is 34.8 Å². The Bertz CT molecular complexity index is 696. The zero-order valence-corrected chi connectivity index (χ0v) is 17.5. The first-order valence-electron chi connectivity index (χ1n) is 9.02. The highest BCUT2D eigenvalue weighted by Crippen LogP contribution is 2.36. The Morgan fingerprint density at radius 3 is 1.81 bits per heavy atom. The van der Waals surface area contributed by atoms with Crippen molar-refractivity contribution in [2.75, 3.05) is 20.3 Å². The molecule has 0 saturated carbocycles. The maximum Gasteiger partial charge on any atom is 0.508 e. The molecule has 0 aromatic heterocycles. The van der Waals surface area contributed by atoms with Crippen LogP contribution in [0.1, 0.15) is 20.8 Å². The first-order chi connectivity index (χ1) is 12.9. The van der Waals surface area contributed by atoms with Crippen LogP contribution in [0.2, 0.25) is 5.04 Å². The van der Waals surface area contributed by atoms with E-state index in [0.717, 1.165) is 0 Å². The third-order valence-corrected chi connectivity index (χ3v) is 9.45. The lowest BCUT2D eigenvalue weighted by Crippen LogP contribution is -2.66. The predicted molar refractivity (Wildman–Crippen MR) is 111 cm³/mol. The Morgan fingerprint density at radius 1 is 0.889 bits per heavy atom. The predicted octanol–water partition coefficient (Wildman–Crippen LogP) is 3.90. The van der Waals surface area contributed by atoms with E-state index in [1.807, 2.05) is 18.2 Å². The molecule has 0 spiro atoms. The van der Waals surface area contributed by atoms with Gasteiger partial charge in [0.1, 0.15) is 6.61 Å². The number of benzene rings is 2.